The number of hydrogen-bond donors (Lipinski definition) is 0. The summed E-state index contributed by atoms with van der Waals surface area (Å²) in [6, 6.07) is 24.3. The number of unbranched alkanes of at least 4 members (excludes halogenated alkanes) is 6. The largest absolute Gasteiger partial charge is 0.296 e. The summed E-state index contributed by atoms with van der Waals surface area (Å²) in [4.78, 5) is 5.83. The molecule has 0 unspecified atom stereocenters. The third kappa shape index (κ3) is 7.26. The van der Waals surface area contributed by atoms with Crippen LogP contribution in [0, 0.1) is 6.92 Å². The molecular weight excluding hydrogens is 493 g/mol. The molecule has 1 aliphatic rings. The Balaban J connectivity index is 1.13. The van der Waals surface area contributed by atoms with Gasteiger partial charge in [-0.05, 0) is 68.7 Å². The van der Waals surface area contributed by atoms with Crippen LogP contribution in [0.5, 0.6) is 0 Å². The molecule has 0 amide bonds. The van der Waals surface area contributed by atoms with Crippen LogP contribution >= 0.6 is 11.8 Å². The van der Waals surface area contributed by atoms with Gasteiger partial charge in [0, 0.05) is 0 Å². The maximum absolute atomic E-state index is 12.2. The van der Waals surface area contributed by atoms with Crippen molar-refractivity contribution in [3.63, 3.8) is 0 Å². The van der Waals surface area contributed by atoms with Gasteiger partial charge in [-0.3, -0.25) is 4.18 Å². The Hall–Kier alpha value is -1.99. The minimum absolute atomic E-state index is 0.00581. The van der Waals surface area contributed by atoms with E-state index in [0.717, 1.165) is 31.2 Å². The van der Waals surface area contributed by atoms with Crippen LogP contribution in [0.2, 0.25) is 0 Å². The molecule has 0 radical (unpaired) electrons. The molecule has 0 aliphatic carbocycles. The molecule has 0 fully saturated rings. The number of benzene rings is 3. The van der Waals surface area contributed by atoms with Crippen molar-refractivity contribution in [1.29, 1.82) is 0 Å². The van der Waals surface area contributed by atoms with E-state index in [-0.39, 0.29) is 22.4 Å². The lowest BCUT2D eigenvalue weighted by Gasteiger charge is -2.16. The fraction of sp³-hybridized carbons (Fsp3) is 0.310. The van der Waals surface area contributed by atoms with E-state index in [1.807, 2.05) is 18.7 Å². The van der Waals surface area contributed by atoms with Crippen molar-refractivity contribution in [3.05, 3.63) is 89.8 Å². The molecule has 3 aromatic carbocycles. The molecule has 0 aromatic heterocycles. The summed E-state index contributed by atoms with van der Waals surface area (Å²) in [5, 5.41) is 2.41. The molecule has 0 saturated carbocycles. The van der Waals surface area contributed by atoms with E-state index in [2.05, 4.69) is 60.0 Å². The Labute approximate surface area is 217 Å². The first-order valence-corrected chi connectivity index (χ1v) is 15.8. The number of fused-ring (bicyclic) bond motifs is 2. The molecule has 1 aliphatic heterocycles. The zero-order valence-corrected chi connectivity index (χ0v) is 22.6. The minimum atomic E-state index is -3.64. The second-order valence-electron chi connectivity index (χ2n) is 8.70. The summed E-state index contributed by atoms with van der Waals surface area (Å²) < 4.78 is 29.6. The van der Waals surface area contributed by atoms with Gasteiger partial charge in [0.2, 0.25) is 0 Å². The van der Waals surface area contributed by atoms with Crippen molar-refractivity contribution in [2.75, 3.05) is 6.61 Å². The van der Waals surface area contributed by atoms with Crippen LogP contribution < -0.4 is 0 Å². The van der Waals surface area contributed by atoms with Crippen molar-refractivity contribution in [2.24, 2.45) is 0 Å². The van der Waals surface area contributed by atoms with Gasteiger partial charge in [-0.15, -0.1) is 0 Å². The Morgan fingerprint density at radius 2 is 1.34 bits per heavy atom. The van der Waals surface area contributed by atoms with E-state index in [9.17, 15) is 8.42 Å². The SMILES string of the molecule is Cc1ccc(S(=O)(=O)OCCCCCCCCC=C[S+]2c3ccccc3Sc3ccccc32)cc1. The molecule has 0 N–H and O–H groups in total. The van der Waals surface area contributed by atoms with Crippen molar-refractivity contribution < 1.29 is 12.6 Å². The number of allylic oxidation sites excluding steroid dienone is 1. The van der Waals surface area contributed by atoms with Crippen molar-refractivity contribution >= 4 is 32.8 Å². The summed E-state index contributed by atoms with van der Waals surface area (Å²) in [5.41, 5.74) is 1.03. The van der Waals surface area contributed by atoms with E-state index in [4.69, 9.17) is 4.18 Å². The minimum Gasteiger partial charge on any atom is -0.266 e. The predicted molar refractivity (Wildman–Crippen MR) is 147 cm³/mol. The lowest BCUT2D eigenvalue weighted by molar-refractivity contribution is 0.306. The smallest absolute Gasteiger partial charge is 0.266 e. The van der Waals surface area contributed by atoms with Gasteiger partial charge < -0.3 is 0 Å². The molecule has 3 aromatic rings. The van der Waals surface area contributed by atoms with Gasteiger partial charge in [0.25, 0.3) is 10.1 Å². The molecule has 1 heterocycles. The standard InChI is InChI=1S/C29H33O3S3/c1-24-18-20-25(21-19-24)35(30,31)32-22-12-6-4-2-3-5-7-13-23-34-28-16-10-8-14-26(28)33-27-15-9-11-17-29(27)34/h8-11,13-21,23H,2-7,12,22H2,1H3/q+1. The highest BCUT2D eigenvalue weighted by molar-refractivity contribution is 8.05. The third-order valence-electron chi connectivity index (χ3n) is 5.94. The van der Waals surface area contributed by atoms with Gasteiger partial charge in [-0.2, -0.15) is 8.42 Å². The summed E-state index contributed by atoms with van der Waals surface area (Å²) in [6.45, 7) is 2.19. The van der Waals surface area contributed by atoms with Crippen LogP contribution in [-0.2, 0) is 25.2 Å². The quantitative estimate of drug-likeness (QED) is 0.136. The summed E-state index contributed by atoms with van der Waals surface area (Å²) in [5.74, 6) is 0. The molecule has 35 heavy (non-hydrogen) atoms. The number of hydrogen-bond acceptors (Lipinski definition) is 4. The van der Waals surface area contributed by atoms with Gasteiger partial charge in [0.1, 0.15) is 5.41 Å². The molecule has 4 rings (SSSR count). The molecule has 6 heteroatoms. The molecule has 0 spiro atoms. The van der Waals surface area contributed by atoms with E-state index in [1.54, 1.807) is 24.3 Å². The summed E-state index contributed by atoms with van der Waals surface area (Å²) >= 11 is 1.88. The van der Waals surface area contributed by atoms with Crippen LogP contribution in [0.25, 0.3) is 0 Å². The fourth-order valence-corrected chi connectivity index (χ4v) is 8.47. The van der Waals surface area contributed by atoms with Crippen LogP contribution in [0.1, 0.15) is 50.5 Å². The Morgan fingerprint density at radius 1 is 0.771 bits per heavy atom. The molecule has 0 atom stereocenters. The highest BCUT2D eigenvalue weighted by atomic mass is 32.2. The van der Waals surface area contributed by atoms with E-state index >= 15 is 0 Å². The lowest BCUT2D eigenvalue weighted by atomic mass is 10.1. The van der Waals surface area contributed by atoms with Crippen molar-refractivity contribution in [3.8, 4) is 0 Å². The van der Waals surface area contributed by atoms with Crippen molar-refractivity contribution in [2.45, 2.75) is 76.3 Å². The summed E-state index contributed by atoms with van der Waals surface area (Å²) in [7, 11) is -3.63. The Kier molecular flexibility index (Phi) is 9.55. The zero-order chi connectivity index (χ0) is 24.5. The average Bonchev–Trinajstić information content (AvgIpc) is 2.87. The first-order valence-electron chi connectivity index (χ1n) is 12.3. The maximum Gasteiger partial charge on any atom is 0.296 e. The predicted octanol–water partition coefficient (Wildman–Crippen LogP) is 8.15. The number of rotatable bonds is 12. The van der Waals surface area contributed by atoms with Crippen LogP contribution in [-0.4, -0.2) is 15.0 Å². The Morgan fingerprint density at radius 3 is 2.00 bits per heavy atom. The van der Waals surface area contributed by atoms with E-state index < -0.39 is 10.1 Å². The number of aryl methyl sites for hydroxylation is 1. The highest BCUT2D eigenvalue weighted by Gasteiger charge is 2.33. The molecule has 0 saturated heterocycles. The highest BCUT2D eigenvalue weighted by Crippen LogP contribution is 2.45. The van der Waals surface area contributed by atoms with Gasteiger partial charge in [-0.25, -0.2) is 0 Å². The maximum atomic E-state index is 12.2. The second kappa shape index (κ2) is 12.8. The van der Waals surface area contributed by atoms with E-state index in [0.29, 0.717) is 0 Å². The first kappa shape index (κ1) is 26.1. The monoisotopic (exact) mass is 525 g/mol. The topological polar surface area (TPSA) is 43.4 Å². The van der Waals surface area contributed by atoms with Gasteiger partial charge >= 0.3 is 0 Å². The van der Waals surface area contributed by atoms with Crippen LogP contribution in [0.4, 0.5) is 0 Å². The fourth-order valence-electron chi connectivity index (χ4n) is 3.99. The Bertz CT molecular complexity index is 1190. The average molecular weight is 526 g/mol. The van der Waals surface area contributed by atoms with Crippen molar-refractivity contribution in [1.82, 2.24) is 0 Å². The first-order chi connectivity index (χ1) is 17.0. The lowest BCUT2D eigenvalue weighted by Crippen LogP contribution is -2.07. The molecular formula is C29H33O3S3+. The summed E-state index contributed by atoms with van der Waals surface area (Å²) in [6.07, 6.45) is 9.88. The zero-order valence-electron chi connectivity index (χ0n) is 20.2. The normalized spacial score (nSPS) is 13.6. The van der Waals surface area contributed by atoms with E-state index in [1.165, 1.54) is 38.8 Å². The van der Waals surface area contributed by atoms with Gasteiger partial charge in [0.15, 0.2) is 9.79 Å². The third-order valence-corrected chi connectivity index (χ3v) is 10.8. The van der Waals surface area contributed by atoms with Gasteiger partial charge in [-0.1, -0.05) is 79.4 Å². The second-order valence-corrected chi connectivity index (χ2v) is 13.2. The van der Waals surface area contributed by atoms with Crippen LogP contribution in [0.15, 0.2) is 109 Å². The molecule has 0 bridgehead atoms. The molecule has 3 nitrogen and oxygen atoms in total. The van der Waals surface area contributed by atoms with Crippen LogP contribution in [0.3, 0.4) is 0 Å². The van der Waals surface area contributed by atoms with Gasteiger partial charge in [0.05, 0.1) is 32.2 Å². The molecule has 184 valence electrons.